The Morgan fingerprint density at radius 1 is 1.12 bits per heavy atom. The Balaban J connectivity index is 1.80. The minimum absolute atomic E-state index is 0.0819. The van der Waals surface area contributed by atoms with E-state index in [0.717, 1.165) is 10.5 Å². The Morgan fingerprint density at radius 2 is 1.68 bits per heavy atom. The molecule has 1 aliphatic rings. The van der Waals surface area contributed by atoms with Crippen molar-refractivity contribution in [3.63, 3.8) is 0 Å². The fraction of sp³-hybridized carbons (Fsp3) is 0.696. The van der Waals surface area contributed by atoms with Gasteiger partial charge in [0.05, 0.1) is 4.90 Å². The molecule has 2 rings (SSSR count). The third-order valence-electron chi connectivity index (χ3n) is 6.78. The Kier molecular flexibility index (Phi) is 9.40. The van der Waals surface area contributed by atoms with Crippen molar-refractivity contribution in [2.75, 3.05) is 26.2 Å². The molecule has 1 aromatic carbocycles. The third kappa shape index (κ3) is 8.06. The fourth-order valence-corrected chi connectivity index (χ4v) is 5.73. The average Bonchev–Trinajstić information content (AvgIpc) is 2.72. The Labute approximate surface area is 202 Å². The van der Waals surface area contributed by atoms with Gasteiger partial charge in [-0.25, -0.2) is 13.1 Å². The largest absolute Gasteiger partial charge is 0.471 e. The molecule has 0 unspecified atom stereocenters. The smallest absolute Gasteiger partial charge is 0.417 e. The summed E-state index contributed by atoms with van der Waals surface area (Å²) in [5.74, 6) is -1.63. The summed E-state index contributed by atoms with van der Waals surface area (Å²) >= 11 is 0. The quantitative estimate of drug-likeness (QED) is 0.376. The summed E-state index contributed by atoms with van der Waals surface area (Å²) in [5, 5.41) is 0.103. The molecule has 6 nitrogen and oxygen atoms in total. The summed E-state index contributed by atoms with van der Waals surface area (Å²) in [6, 6.07) is 6.57. The lowest BCUT2D eigenvalue weighted by molar-refractivity contribution is -0.186. The summed E-state index contributed by atoms with van der Waals surface area (Å²) in [7, 11) is -5.48. The first-order valence-corrected chi connectivity index (χ1v) is 16.0. The van der Waals surface area contributed by atoms with Crippen LogP contribution >= 0.6 is 0 Å². The van der Waals surface area contributed by atoms with Crippen LogP contribution in [0, 0.1) is 5.92 Å². The van der Waals surface area contributed by atoms with E-state index in [2.05, 4.69) is 38.6 Å². The monoisotopic (exact) mass is 522 g/mol. The van der Waals surface area contributed by atoms with Crippen LogP contribution in [0.25, 0.3) is 0 Å². The van der Waals surface area contributed by atoms with Gasteiger partial charge in [-0.05, 0) is 67.4 Å². The number of halogens is 3. The maximum atomic E-state index is 12.6. The number of likely N-dealkylation sites (tertiary alicyclic amines) is 1. The third-order valence-corrected chi connectivity index (χ3v) is 12.8. The van der Waals surface area contributed by atoms with E-state index in [9.17, 15) is 26.4 Å². The van der Waals surface area contributed by atoms with Crippen molar-refractivity contribution >= 4 is 24.2 Å². The van der Waals surface area contributed by atoms with E-state index < -0.39 is 30.4 Å². The van der Waals surface area contributed by atoms with Crippen LogP contribution in [0.3, 0.4) is 0 Å². The highest BCUT2D eigenvalue weighted by Gasteiger charge is 2.43. The molecule has 0 atom stereocenters. The maximum absolute atomic E-state index is 12.6. The molecule has 0 spiro atoms. The van der Waals surface area contributed by atoms with Crippen LogP contribution in [0.5, 0.6) is 0 Å². The first kappa shape index (κ1) is 28.8. The molecule has 0 bridgehead atoms. The fourth-order valence-electron chi connectivity index (χ4n) is 3.56. The summed E-state index contributed by atoms with van der Waals surface area (Å²) < 4.78 is 71.5. The Hall–Kier alpha value is -1.43. The normalized spacial score (nSPS) is 16.6. The molecule has 11 heteroatoms. The number of benzene rings is 1. The van der Waals surface area contributed by atoms with Crippen LogP contribution < -0.4 is 4.72 Å². The van der Waals surface area contributed by atoms with E-state index in [0.29, 0.717) is 32.3 Å². The summed E-state index contributed by atoms with van der Waals surface area (Å²) in [6.07, 6.45) is -2.65. The lowest BCUT2D eigenvalue weighted by Gasteiger charge is -2.36. The van der Waals surface area contributed by atoms with Gasteiger partial charge in [0.1, 0.15) is 0 Å². The number of carbonyl (C=O) groups is 1. The van der Waals surface area contributed by atoms with Crippen molar-refractivity contribution in [2.45, 2.75) is 75.7 Å². The first-order chi connectivity index (χ1) is 15.5. The van der Waals surface area contributed by atoms with E-state index >= 15 is 0 Å². The number of sulfonamides is 1. The molecule has 1 heterocycles. The molecule has 1 saturated heterocycles. The van der Waals surface area contributed by atoms with Crippen LogP contribution in [0.2, 0.25) is 18.1 Å². The minimum atomic E-state index is -4.83. The van der Waals surface area contributed by atoms with Crippen molar-refractivity contribution in [2.24, 2.45) is 5.92 Å². The van der Waals surface area contributed by atoms with E-state index in [-0.39, 0.29) is 35.5 Å². The highest BCUT2D eigenvalue weighted by molar-refractivity contribution is 7.89. The van der Waals surface area contributed by atoms with Crippen molar-refractivity contribution in [3.05, 3.63) is 29.8 Å². The van der Waals surface area contributed by atoms with Crippen molar-refractivity contribution in [1.82, 2.24) is 9.62 Å². The number of rotatable bonds is 9. The second kappa shape index (κ2) is 11.1. The standard InChI is InChI=1S/C23H37F3N2O4SSi/c1-22(2,3)34(4,5)32-16-6-13-27-33(30,31)20-9-7-18(8-10-20)17-19-11-14-28(15-12-19)21(29)23(24,25)26/h7-10,19,27H,6,11-17H2,1-5H3. The van der Waals surface area contributed by atoms with Gasteiger partial charge in [-0.15, -0.1) is 0 Å². The molecule has 1 aromatic rings. The summed E-state index contributed by atoms with van der Waals surface area (Å²) in [6.45, 7) is 11.7. The van der Waals surface area contributed by atoms with Gasteiger partial charge < -0.3 is 9.33 Å². The molecule has 1 N–H and O–H groups in total. The molecular weight excluding hydrogens is 485 g/mol. The lowest BCUT2D eigenvalue weighted by atomic mass is 9.90. The number of hydrogen-bond acceptors (Lipinski definition) is 4. The molecule has 1 fully saturated rings. The number of nitrogens with zero attached hydrogens (tertiary/aromatic N) is 1. The van der Waals surface area contributed by atoms with Gasteiger partial charge in [-0.3, -0.25) is 4.79 Å². The number of nitrogens with one attached hydrogen (secondary N) is 1. The second-order valence-corrected chi connectivity index (χ2v) is 17.0. The van der Waals surface area contributed by atoms with Crippen molar-refractivity contribution < 1.29 is 30.8 Å². The molecule has 1 amide bonds. The van der Waals surface area contributed by atoms with Crippen LogP contribution in [-0.4, -0.2) is 60.0 Å². The summed E-state index contributed by atoms with van der Waals surface area (Å²) in [5.41, 5.74) is 0.919. The number of amides is 1. The zero-order chi connectivity index (χ0) is 25.8. The van der Waals surface area contributed by atoms with E-state index in [4.69, 9.17) is 4.43 Å². The van der Waals surface area contributed by atoms with E-state index in [1.165, 1.54) is 0 Å². The minimum Gasteiger partial charge on any atom is -0.417 e. The van der Waals surface area contributed by atoms with Gasteiger partial charge in [-0.2, -0.15) is 13.2 Å². The predicted molar refractivity (Wildman–Crippen MR) is 128 cm³/mol. The van der Waals surface area contributed by atoms with Gasteiger partial charge in [-0.1, -0.05) is 32.9 Å². The number of piperidine rings is 1. The molecule has 0 aromatic heterocycles. The molecular formula is C23H37F3N2O4SSi. The first-order valence-electron chi connectivity index (χ1n) is 11.6. The lowest BCUT2D eigenvalue weighted by Crippen LogP contribution is -2.45. The average molecular weight is 523 g/mol. The van der Waals surface area contributed by atoms with Gasteiger partial charge in [0.25, 0.3) is 0 Å². The van der Waals surface area contributed by atoms with E-state index in [1.54, 1.807) is 24.3 Å². The van der Waals surface area contributed by atoms with Crippen molar-refractivity contribution in [3.8, 4) is 0 Å². The van der Waals surface area contributed by atoms with Gasteiger partial charge in [0.15, 0.2) is 8.32 Å². The SMILES string of the molecule is CC(C)(C)[Si](C)(C)OCCCNS(=O)(=O)c1ccc(CC2CCN(C(=O)C(F)(F)F)CC2)cc1. The van der Waals surface area contributed by atoms with Gasteiger partial charge in [0.2, 0.25) is 10.0 Å². The van der Waals surface area contributed by atoms with E-state index in [1.807, 2.05) is 0 Å². The zero-order valence-electron chi connectivity index (χ0n) is 20.7. The molecule has 194 valence electrons. The predicted octanol–water partition coefficient (Wildman–Crippen LogP) is 4.72. The molecule has 0 saturated carbocycles. The van der Waals surface area contributed by atoms with Gasteiger partial charge in [0, 0.05) is 26.2 Å². The number of hydrogen-bond donors (Lipinski definition) is 1. The number of carbonyl (C=O) groups excluding carboxylic acids is 1. The highest BCUT2D eigenvalue weighted by Crippen LogP contribution is 2.36. The van der Waals surface area contributed by atoms with Gasteiger partial charge >= 0.3 is 12.1 Å². The summed E-state index contributed by atoms with van der Waals surface area (Å²) in [4.78, 5) is 12.4. The maximum Gasteiger partial charge on any atom is 0.471 e. The molecule has 34 heavy (non-hydrogen) atoms. The van der Waals surface area contributed by atoms with Crippen LogP contribution in [0.15, 0.2) is 29.2 Å². The molecule has 1 aliphatic heterocycles. The van der Waals surface area contributed by atoms with Crippen molar-refractivity contribution in [1.29, 1.82) is 0 Å². The second-order valence-electron chi connectivity index (χ2n) is 10.4. The highest BCUT2D eigenvalue weighted by atomic mass is 32.2. The molecule has 0 radical (unpaired) electrons. The van der Waals surface area contributed by atoms with Crippen LogP contribution in [0.4, 0.5) is 13.2 Å². The van der Waals surface area contributed by atoms with Crippen LogP contribution in [0.1, 0.15) is 45.6 Å². The topological polar surface area (TPSA) is 75.7 Å². The number of alkyl halides is 3. The molecule has 0 aliphatic carbocycles. The van der Waals surface area contributed by atoms with Crippen LogP contribution in [-0.2, 0) is 25.7 Å². The Morgan fingerprint density at radius 3 is 2.18 bits per heavy atom. The zero-order valence-corrected chi connectivity index (χ0v) is 22.5. The Bertz CT molecular complexity index is 921.